The molecule has 3 heterocycles. The molecule has 0 spiro atoms. The molecule has 114 valence electrons. The molecule has 0 saturated carbocycles. The topological polar surface area (TPSA) is 57.3 Å². The first-order valence-electron chi connectivity index (χ1n) is 7.96. The molecule has 0 radical (unpaired) electrons. The maximum atomic E-state index is 12.2. The van der Waals surface area contributed by atoms with E-state index in [0.717, 1.165) is 37.7 Å². The zero-order chi connectivity index (χ0) is 14.7. The fraction of sp³-hybridized carbons (Fsp3) is 0.625. The molecule has 1 amide bonds. The van der Waals surface area contributed by atoms with Crippen LogP contribution in [0.25, 0.3) is 0 Å². The minimum absolute atomic E-state index is 0.0618. The van der Waals surface area contributed by atoms with E-state index in [9.17, 15) is 4.79 Å². The van der Waals surface area contributed by atoms with E-state index in [1.54, 1.807) is 6.20 Å². The highest BCUT2D eigenvalue weighted by Crippen LogP contribution is 2.21. The Labute approximate surface area is 126 Å². The molecule has 1 aromatic heterocycles. The van der Waals surface area contributed by atoms with Crippen LogP contribution in [0.2, 0.25) is 0 Å². The summed E-state index contributed by atoms with van der Waals surface area (Å²) in [6.07, 6.45) is 5.58. The Morgan fingerprint density at radius 3 is 2.71 bits per heavy atom. The van der Waals surface area contributed by atoms with Gasteiger partial charge in [-0.25, -0.2) is 4.98 Å². The Kier molecular flexibility index (Phi) is 4.39. The van der Waals surface area contributed by atoms with E-state index >= 15 is 0 Å². The van der Waals surface area contributed by atoms with E-state index in [-0.39, 0.29) is 11.8 Å². The van der Waals surface area contributed by atoms with Crippen molar-refractivity contribution in [2.75, 3.05) is 36.4 Å². The number of amides is 1. The maximum Gasteiger partial charge on any atom is 0.229 e. The number of piperidine rings is 1. The van der Waals surface area contributed by atoms with Gasteiger partial charge in [0.25, 0.3) is 0 Å². The lowest BCUT2D eigenvalue weighted by Gasteiger charge is -2.27. The molecule has 2 unspecified atom stereocenters. The largest absolute Gasteiger partial charge is 0.357 e. The van der Waals surface area contributed by atoms with Gasteiger partial charge < -0.3 is 15.5 Å². The molecule has 0 aromatic carbocycles. The van der Waals surface area contributed by atoms with Crippen LogP contribution in [0.15, 0.2) is 18.3 Å². The van der Waals surface area contributed by atoms with E-state index in [0.29, 0.717) is 5.92 Å². The highest BCUT2D eigenvalue weighted by atomic mass is 16.1. The summed E-state index contributed by atoms with van der Waals surface area (Å²) in [5.74, 6) is 1.57. The number of hydrogen-bond acceptors (Lipinski definition) is 4. The van der Waals surface area contributed by atoms with E-state index in [1.165, 1.54) is 19.3 Å². The Morgan fingerprint density at radius 1 is 1.29 bits per heavy atom. The van der Waals surface area contributed by atoms with Crippen molar-refractivity contribution in [1.29, 1.82) is 0 Å². The summed E-state index contributed by atoms with van der Waals surface area (Å²) in [5, 5.41) is 6.24. The van der Waals surface area contributed by atoms with Crippen molar-refractivity contribution in [2.24, 2.45) is 11.8 Å². The van der Waals surface area contributed by atoms with Crippen LogP contribution in [0.5, 0.6) is 0 Å². The highest BCUT2D eigenvalue weighted by Gasteiger charge is 2.29. The van der Waals surface area contributed by atoms with Crippen molar-refractivity contribution in [3.63, 3.8) is 0 Å². The fourth-order valence-electron chi connectivity index (χ4n) is 3.17. The van der Waals surface area contributed by atoms with Gasteiger partial charge in [-0.05, 0) is 43.9 Å². The van der Waals surface area contributed by atoms with Crippen LogP contribution < -0.4 is 15.5 Å². The van der Waals surface area contributed by atoms with Gasteiger partial charge in [0.05, 0.1) is 17.8 Å². The van der Waals surface area contributed by atoms with Gasteiger partial charge in [-0.15, -0.1) is 0 Å². The Morgan fingerprint density at radius 2 is 2.10 bits per heavy atom. The third-order valence-electron chi connectivity index (χ3n) is 4.55. The Bertz CT molecular complexity index is 482. The van der Waals surface area contributed by atoms with Gasteiger partial charge in [0.1, 0.15) is 5.82 Å². The molecule has 0 bridgehead atoms. The lowest BCUT2D eigenvalue weighted by Crippen LogP contribution is -2.30. The van der Waals surface area contributed by atoms with Crippen LogP contribution in [0, 0.1) is 11.8 Å². The first kappa shape index (κ1) is 14.3. The van der Waals surface area contributed by atoms with Gasteiger partial charge in [-0.3, -0.25) is 4.79 Å². The van der Waals surface area contributed by atoms with Crippen LogP contribution in [-0.4, -0.2) is 37.1 Å². The third-order valence-corrected chi connectivity index (χ3v) is 4.55. The first-order valence-corrected chi connectivity index (χ1v) is 7.96. The molecule has 5 heteroatoms. The summed E-state index contributed by atoms with van der Waals surface area (Å²) in [6, 6.07) is 3.97. The van der Waals surface area contributed by atoms with Crippen molar-refractivity contribution in [1.82, 2.24) is 10.3 Å². The van der Waals surface area contributed by atoms with Gasteiger partial charge in [-0.1, -0.05) is 6.92 Å². The minimum Gasteiger partial charge on any atom is -0.357 e. The van der Waals surface area contributed by atoms with Crippen molar-refractivity contribution in [3.8, 4) is 0 Å². The third kappa shape index (κ3) is 3.35. The van der Waals surface area contributed by atoms with Crippen LogP contribution in [-0.2, 0) is 4.79 Å². The molecule has 2 N–H and O–H groups in total. The second-order valence-electron chi connectivity index (χ2n) is 6.18. The average Bonchev–Trinajstić information content (AvgIpc) is 2.95. The Hall–Kier alpha value is -1.62. The van der Waals surface area contributed by atoms with E-state index < -0.39 is 0 Å². The van der Waals surface area contributed by atoms with Crippen LogP contribution in [0.3, 0.4) is 0 Å². The van der Waals surface area contributed by atoms with E-state index in [4.69, 9.17) is 0 Å². The monoisotopic (exact) mass is 288 g/mol. The molecular weight excluding hydrogens is 264 g/mol. The van der Waals surface area contributed by atoms with E-state index in [2.05, 4.69) is 27.4 Å². The summed E-state index contributed by atoms with van der Waals surface area (Å²) in [4.78, 5) is 19.0. The molecule has 2 aliphatic heterocycles. The molecule has 2 aliphatic rings. The summed E-state index contributed by atoms with van der Waals surface area (Å²) in [6.45, 7) is 5.98. The van der Waals surface area contributed by atoms with Crippen molar-refractivity contribution < 1.29 is 4.79 Å². The van der Waals surface area contributed by atoms with Crippen molar-refractivity contribution in [3.05, 3.63) is 18.3 Å². The lowest BCUT2D eigenvalue weighted by molar-refractivity contribution is -0.120. The van der Waals surface area contributed by atoms with Crippen molar-refractivity contribution >= 4 is 17.4 Å². The van der Waals surface area contributed by atoms with Gasteiger partial charge in [0, 0.05) is 19.6 Å². The summed E-state index contributed by atoms with van der Waals surface area (Å²) >= 11 is 0. The highest BCUT2D eigenvalue weighted by molar-refractivity contribution is 5.93. The molecule has 2 atom stereocenters. The SMILES string of the molecule is CC1CNCC1C(=O)Nc1ccc(N2CCCCC2)nc1. The molecule has 1 aromatic rings. The fourth-order valence-corrected chi connectivity index (χ4v) is 3.17. The van der Waals surface area contributed by atoms with Crippen LogP contribution >= 0.6 is 0 Å². The maximum absolute atomic E-state index is 12.2. The standard InChI is InChI=1S/C16H24N4O/c1-12-9-17-11-14(12)16(21)19-13-5-6-15(18-10-13)20-7-3-2-4-8-20/h5-6,10,12,14,17H,2-4,7-9,11H2,1H3,(H,19,21). The van der Waals surface area contributed by atoms with Gasteiger partial charge >= 0.3 is 0 Å². The molecule has 5 nitrogen and oxygen atoms in total. The summed E-state index contributed by atoms with van der Waals surface area (Å²) in [5.41, 5.74) is 0.792. The number of anilines is 2. The predicted octanol–water partition coefficient (Wildman–Crippen LogP) is 1.87. The molecular formula is C16H24N4O. The molecule has 21 heavy (non-hydrogen) atoms. The van der Waals surface area contributed by atoms with Gasteiger partial charge in [0.2, 0.25) is 5.91 Å². The molecule has 2 fully saturated rings. The second kappa shape index (κ2) is 6.43. The quantitative estimate of drug-likeness (QED) is 0.891. The molecule has 3 rings (SSSR count). The first-order chi connectivity index (χ1) is 10.2. The summed E-state index contributed by atoms with van der Waals surface area (Å²) < 4.78 is 0. The number of carbonyl (C=O) groups is 1. The number of aromatic nitrogens is 1. The number of hydrogen-bond donors (Lipinski definition) is 2. The molecule has 2 saturated heterocycles. The van der Waals surface area contributed by atoms with Crippen molar-refractivity contribution in [2.45, 2.75) is 26.2 Å². The zero-order valence-corrected chi connectivity index (χ0v) is 12.6. The normalized spacial score (nSPS) is 25.9. The van der Waals surface area contributed by atoms with Gasteiger partial charge in [0.15, 0.2) is 0 Å². The molecule has 0 aliphatic carbocycles. The number of rotatable bonds is 3. The van der Waals surface area contributed by atoms with E-state index in [1.807, 2.05) is 12.1 Å². The second-order valence-corrected chi connectivity index (χ2v) is 6.18. The number of carbonyl (C=O) groups excluding carboxylic acids is 1. The minimum atomic E-state index is 0.0618. The zero-order valence-electron chi connectivity index (χ0n) is 12.6. The Balaban J connectivity index is 1.60. The average molecular weight is 288 g/mol. The number of nitrogens with one attached hydrogen (secondary N) is 2. The van der Waals surface area contributed by atoms with Crippen LogP contribution in [0.4, 0.5) is 11.5 Å². The summed E-state index contributed by atoms with van der Waals surface area (Å²) in [7, 11) is 0. The van der Waals surface area contributed by atoms with Crippen LogP contribution in [0.1, 0.15) is 26.2 Å². The van der Waals surface area contributed by atoms with Gasteiger partial charge in [-0.2, -0.15) is 0 Å². The smallest absolute Gasteiger partial charge is 0.229 e. The lowest BCUT2D eigenvalue weighted by atomic mass is 9.97. The number of nitrogens with zero attached hydrogens (tertiary/aromatic N) is 2. The number of pyridine rings is 1. The predicted molar refractivity (Wildman–Crippen MR) is 84.5 cm³/mol.